The van der Waals surface area contributed by atoms with Crippen molar-refractivity contribution in [2.24, 2.45) is 0 Å². The third-order valence-corrected chi connectivity index (χ3v) is 6.43. The minimum absolute atomic E-state index is 0. The fraction of sp³-hybridized carbons (Fsp3) is 0.625. The minimum atomic E-state index is 0. The Labute approximate surface area is 237 Å². The summed E-state index contributed by atoms with van der Waals surface area (Å²) in [6.07, 6.45) is 23.6. The number of aryl methyl sites for hydroxylation is 2. The predicted molar refractivity (Wildman–Crippen MR) is 144 cm³/mol. The van der Waals surface area contributed by atoms with E-state index in [0.717, 1.165) is 12.8 Å². The van der Waals surface area contributed by atoms with Gasteiger partial charge in [-0.1, -0.05) is 152 Å². The van der Waals surface area contributed by atoms with Crippen molar-refractivity contribution in [3.63, 3.8) is 0 Å². The van der Waals surface area contributed by atoms with Crippen LogP contribution in [0.3, 0.4) is 0 Å². The van der Waals surface area contributed by atoms with Crippen LogP contribution in [0.2, 0.25) is 0 Å². The Kier molecular flexibility index (Phi) is 23.9. The van der Waals surface area contributed by atoms with Crippen LogP contribution < -0.4 is 10.2 Å². The Morgan fingerprint density at radius 3 is 1.09 bits per heavy atom. The molecule has 0 aromatic heterocycles. The van der Waals surface area contributed by atoms with Gasteiger partial charge in [-0.3, -0.25) is 0 Å². The summed E-state index contributed by atoms with van der Waals surface area (Å²) in [6.45, 7) is 4.51. The zero-order chi connectivity index (χ0) is 24.7. The molecule has 2 nitrogen and oxygen atoms in total. The number of unbranched alkanes of at least 4 members (excludes halogenated alkanes) is 14. The molecule has 2 aromatic carbocycles. The molecular formula is C32H50CdO2. The Morgan fingerprint density at radius 2 is 0.771 bits per heavy atom. The number of hydrogen-bond acceptors (Lipinski definition) is 2. The maximum absolute atomic E-state index is 11.1. The van der Waals surface area contributed by atoms with Crippen LogP contribution in [-0.2, 0) is 40.1 Å². The van der Waals surface area contributed by atoms with E-state index in [0.29, 0.717) is 0 Å². The van der Waals surface area contributed by atoms with E-state index in [4.69, 9.17) is 0 Å². The van der Waals surface area contributed by atoms with E-state index in [2.05, 4.69) is 26.0 Å². The fourth-order valence-corrected chi connectivity index (χ4v) is 4.33. The molecule has 2 aromatic rings. The van der Waals surface area contributed by atoms with Gasteiger partial charge in [0.2, 0.25) is 0 Å². The zero-order valence-electron chi connectivity index (χ0n) is 22.9. The molecule has 0 spiro atoms. The van der Waals surface area contributed by atoms with Crippen molar-refractivity contribution >= 4 is 0 Å². The van der Waals surface area contributed by atoms with E-state index in [9.17, 15) is 10.2 Å². The second-order valence-electron chi connectivity index (χ2n) is 9.74. The first-order valence-electron chi connectivity index (χ1n) is 14.2. The molecule has 0 amide bonds. The predicted octanol–water partition coefficient (Wildman–Crippen LogP) is 8.88. The number of rotatable bonds is 18. The molecule has 0 fully saturated rings. The van der Waals surface area contributed by atoms with Gasteiger partial charge in [0.05, 0.1) is 0 Å². The van der Waals surface area contributed by atoms with Crippen molar-refractivity contribution in [1.82, 2.24) is 0 Å². The van der Waals surface area contributed by atoms with Gasteiger partial charge in [-0.25, -0.2) is 0 Å². The summed E-state index contributed by atoms with van der Waals surface area (Å²) in [4.78, 5) is 0. The molecule has 0 aliphatic heterocycles. The molecule has 0 atom stereocenters. The molecule has 0 saturated carbocycles. The first-order valence-corrected chi connectivity index (χ1v) is 14.2. The van der Waals surface area contributed by atoms with E-state index in [1.165, 1.54) is 114 Å². The van der Waals surface area contributed by atoms with Gasteiger partial charge in [-0.05, 0) is 36.8 Å². The van der Waals surface area contributed by atoms with Gasteiger partial charge in [-0.15, -0.1) is 11.5 Å². The Bertz CT molecular complexity index is 655. The van der Waals surface area contributed by atoms with Crippen molar-refractivity contribution in [3.8, 4) is 11.5 Å². The molecule has 192 valence electrons. The van der Waals surface area contributed by atoms with E-state index in [-0.39, 0.29) is 38.8 Å². The van der Waals surface area contributed by atoms with Gasteiger partial charge in [0.15, 0.2) is 0 Å². The molecule has 0 heterocycles. The van der Waals surface area contributed by atoms with E-state index < -0.39 is 0 Å². The third kappa shape index (κ3) is 20.8. The van der Waals surface area contributed by atoms with Crippen LogP contribution in [0.1, 0.15) is 128 Å². The zero-order valence-corrected chi connectivity index (χ0v) is 26.9. The van der Waals surface area contributed by atoms with Crippen LogP contribution in [0.4, 0.5) is 0 Å². The molecule has 0 unspecified atom stereocenters. The molecular weight excluding hydrogens is 529 g/mol. The summed E-state index contributed by atoms with van der Waals surface area (Å²) in [6, 6.07) is 14.6. The van der Waals surface area contributed by atoms with E-state index >= 15 is 0 Å². The van der Waals surface area contributed by atoms with Crippen LogP contribution in [0.5, 0.6) is 11.5 Å². The largest absolute Gasteiger partial charge is 2.00 e. The number of benzene rings is 2. The normalized spacial score (nSPS) is 10.3. The number of hydrogen-bond donors (Lipinski definition) is 0. The fourth-order valence-electron chi connectivity index (χ4n) is 4.33. The average Bonchev–Trinajstić information content (AvgIpc) is 2.83. The first-order chi connectivity index (χ1) is 16.7. The van der Waals surface area contributed by atoms with Crippen LogP contribution in [0, 0.1) is 0 Å². The van der Waals surface area contributed by atoms with Crippen LogP contribution in [-0.4, -0.2) is 0 Å². The monoisotopic (exact) mass is 580 g/mol. The molecule has 0 saturated heterocycles. The van der Waals surface area contributed by atoms with Crippen LogP contribution >= 0.6 is 0 Å². The second-order valence-corrected chi connectivity index (χ2v) is 9.74. The quantitative estimate of drug-likeness (QED) is 0.131. The van der Waals surface area contributed by atoms with Crippen molar-refractivity contribution < 1.29 is 37.5 Å². The molecule has 0 aliphatic rings. The van der Waals surface area contributed by atoms with Crippen molar-refractivity contribution in [2.75, 3.05) is 0 Å². The molecule has 0 aliphatic carbocycles. The Balaban J connectivity index is 0.000000642. The molecule has 3 heteroatoms. The Hall–Kier alpha value is -1.04. The summed E-state index contributed by atoms with van der Waals surface area (Å²) in [5, 5.41) is 22.3. The Morgan fingerprint density at radius 1 is 0.457 bits per heavy atom. The standard InChI is InChI=1S/2C16H26O.Cd/c2*1-2-3-4-5-6-7-8-9-11-15-12-10-13-16(17)14-15;/h2*10,12-14,17H,2-9,11H2,1H3;/q;;+2/p-2. The van der Waals surface area contributed by atoms with Crippen molar-refractivity contribution in [1.29, 1.82) is 0 Å². The SMILES string of the molecule is CCCCCCCCCCc1cccc([O-])c1.CCCCCCCCCCc1cccc([O-])c1.[Cd+2]. The summed E-state index contributed by atoms with van der Waals surface area (Å²) < 4.78 is 0. The van der Waals surface area contributed by atoms with Gasteiger partial charge in [0, 0.05) is 0 Å². The van der Waals surface area contributed by atoms with Gasteiger partial charge in [0.1, 0.15) is 0 Å². The smallest absolute Gasteiger partial charge is 0.872 e. The molecule has 0 radical (unpaired) electrons. The summed E-state index contributed by atoms with van der Waals surface area (Å²) >= 11 is 0. The maximum atomic E-state index is 11.1. The summed E-state index contributed by atoms with van der Waals surface area (Å²) in [5.41, 5.74) is 2.40. The molecule has 0 bridgehead atoms. The van der Waals surface area contributed by atoms with Crippen LogP contribution in [0.15, 0.2) is 48.5 Å². The molecule has 2 rings (SSSR count). The summed E-state index contributed by atoms with van der Waals surface area (Å²) in [5.74, 6) is 0.282. The molecule has 35 heavy (non-hydrogen) atoms. The van der Waals surface area contributed by atoms with Gasteiger partial charge >= 0.3 is 27.3 Å². The molecule has 0 N–H and O–H groups in total. The van der Waals surface area contributed by atoms with Gasteiger partial charge < -0.3 is 10.2 Å². The van der Waals surface area contributed by atoms with Crippen LogP contribution in [0.25, 0.3) is 0 Å². The average molecular weight is 579 g/mol. The first kappa shape index (κ1) is 34.0. The van der Waals surface area contributed by atoms with Gasteiger partial charge in [0.25, 0.3) is 0 Å². The van der Waals surface area contributed by atoms with E-state index in [1.807, 2.05) is 12.1 Å². The maximum Gasteiger partial charge on any atom is 2.00 e. The van der Waals surface area contributed by atoms with Gasteiger partial charge in [-0.2, -0.15) is 0 Å². The minimum Gasteiger partial charge on any atom is -0.872 e. The second kappa shape index (κ2) is 24.6. The van der Waals surface area contributed by atoms with Crippen molar-refractivity contribution in [2.45, 2.75) is 129 Å². The third-order valence-electron chi connectivity index (χ3n) is 6.43. The van der Waals surface area contributed by atoms with E-state index in [1.54, 1.807) is 24.3 Å². The summed E-state index contributed by atoms with van der Waals surface area (Å²) in [7, 11) is 0. The topological polar surface area (TPSA) is 46.1 Å². The van der Waals surface area contributed by atoms with Crippen molar-refractivity contribution in [3.05, 3.63) is 59.7 Å².